The third-order valence-corrected chi connectivity index (χ3v) is 6.04. The van der Waals surface area contributed by atoms with Crippen LogP contribution in [0.3, 0.4) is 0 Å². The molecule has 30 heavy (non-hydrogen) atoms. The highest BCUT2D eigenvalue weighted by Gasteiger charge is 2.10. The number of aromatic amines is 1. The normalized spacial score (nSPS) is 10.7. The molecule has 0 aliphatic rings. The number of fused-ring (bicyclic) bond motifs is 1. The summed E-state index contributed by atoms with van der Waals surface area (Å²) in [5, 5.41) is 4.85. The summed E-state index contributed by atoms with van der Waals surface area (Å²) in [6.45, 7) is 2.27. The van der Waals surface area contributed by atoms with Gasteiger partial charge in [-0.1, -0.05) is 48.5 Å². The van der Waals surface area contributed by atoms with Gasteiger partial charge in [0.15, 0.2) is 0 Å². The minimum absolute atomic E-state index is 0. The number of aromatic nitrogens is 1. The molecular formula is C24H23Br2ClN2O. The van der Waals surface area contributed by atoms with Gasteiger partial charge in [-0.15, -0.1) is 12.4 Å². The first-order valence-corrected chi connectivity index (χ1v) is 11.2. The lowest BCUT2D eigenvalue weighted by molar-refractivity contribution is 0.302. The number of halogens is 3. The predicted molar refractivity (Wildman–Crippen MR) is 134 cm³/mol. The number of ether oxygens (including phenoxy) is 1. The molecule has 0 atom stereocenters. The van der Waals surface area contributed by atoms with Crippen LogP contribution in [0.25, 0.3) is 10.9 Å². The SMILES string of the molecule is Brc1cc(CNCCc2c[nH]c3ccccc23)cc(Br)c1OCc1ccccc1.Cl. The lowest BCUT2D eigenvalue weighted by atomic mass is 10.1. The Morgan fingerprint density at radius 1 is 0.867 bits per heavy atom. The maximum absolute atomic E-state index is 6.01. The average molecular weight is 551 g/mol. The van der Waals surface area contributed by atoms with Gasteiger partial charge in [-0.25, -0.2) is 0 Å². The number of H-pyrrole nitrogens is 1. The zero-order chi connectivity index (χ0) is 20.1. The van der Waals surface area contributed by atoms with E-state index in [-0.39, 0.29) is 12.4 Å². The average Bonchev–Trinajstić information content (AvgIpc) is 3.14. The lowest BCUT2D eigenvalue weighted by Gasteiger charge is -2.13. The number of benzene rings is 3. The van der Waals surface area contributed by atoms with Crippen molar-refractivity contribution in [3.05, 3.63) is 98.6 Å². The number of rotatable bonds is 8. The molecule has 0 aliphatic carbocycles. The molecule has 4 aromatic rings. The molecule has 3 nitrogen and oxygen atoms in total. The van der Waals surface area contributed by atoms with Crippen molar-refractivity contribution in [2.75, 3.05) is 6.54 Å². The van der Waals surface area contributed by atoms with E-state index < -0.39 is 0 Å². The van der Waals surface area contributed by atoms with E-state index in [0.717, 1.165) is 39.8 Å². The van der Waals surface area contributed by atoms with Gasteiger partial charge in [-0.3, -0.25) is 0 Å². The monoisotopic (exact) mass is 548 g/mol. The van der Waals surface area contributed by atoms with E-state index >= 15 is 0 Å². The minimum Gasteiger partial charge on any atom is -0.487 e. The molecule has 0 saturated heterocycles. The third-order valence-electron chi connectivity index (χ3n) is 4.86. The van der Waals surface area contributed by atoms with Crippen molar-refractivity contribution in [3.8, 4) is 5.75 Å². The van der Waals surface area contributed by atoms with Gasteiger partial charge in [-0.05, 0) is 79.7 Å². The fourth-order valence-corrected chi connectivity index (χ4v) is 4.89. The second kappa shape index (κ2) is 11.0. The summed E-state index contributed by atoms with van der Waals surface area (Å²) in [5.41, 5.74) is 4.89. The van der Waals surface area contributed by atoms with Crippen molar-refractivity contribution in [3.63, 3.8) is 0 Å². The number of nitrogens with one attached hydrogen (secondary N) is 2. The summed E-state index contributed by atoms with van der Waals surface area (Å²) < 4.78 is 7.92. The highest BCUT2D eigenvalue weighted by Crippen LogP contribution is 2.35. The first-order valence-electron chi connectivity index (χ1n) is 9.61. The van der Waals surface area contributed by atoms with Gasteiger partial charge in [0.2, 0.25) is 0 Å². The van der Waals surface area contributed by atoms with Gasteiger partial charge in [0.1, 0.15) is 12.4 Å². The third kappa shape index (κ3) is 5.67. The smallest absolute Gasteiger partial charge is 0.148 e. The highest BCUT2D eigenvalue weighted by molar-refractivity contribution is 9.11. The summed E-state index contributed by atoms with van der Waals surface area (Å²) in [6.07, 6.45) is 3.10. The van der Waals surface area contributed by atoms with Crippen molar-refractivity contribution >= 4 is 55.2 Å². The summed E-state index contributed by atoms with van der Waals surface area (Å²) in [4.78, 5) is 3.34. The van der Waals surface area contributed by atoms with E-state index in [1.165, 1.54) is 22.0 Å². The molecule has 0 bridgehead atoms. The summed E-state index contributed by atoms with van der Waals surface area (Å²) in [5.74, 6) is 0.830. The predicted octanol–water partition coefficient (Wildman–Crippen LogP) is 7.03. The maximum Gasteiger partial charge on any atom is 0.148 e. The molecule has 0 fully saturated rings. The summed E-state index contributed by atoms with van der Waals surface area (Å²) >= 11 is 7.30. The van der Waals surface area contributed by atoms with Crippen LogP contribution in [0.2, 0.25) is 0 Å². The van der Waals surface area contributed by atoms with Gasteiger partial charge >= 0.3 is 0 Å². The van der Waals surface area contributed by atoms with Crippen molar-refractivity contribution in [1.29, 1.82) is 0 Å². The molecule has 6 heteroatoms. The van der Waals surface area contributed by atoms with Crippen LogP contribution in [-0.4, -0.2) is 11.5 Å². The topological polar surface area (TPSA) is 37.0 Å². The molecular weight excluding hydrogens is 528 g/mol. The number of hydrogen-bond donors (Lipinski definition) is 2. The Labute approximate surface area is 199 Å². The highest BCUT2D eigenvalue weighted by atomic mass is 79.9. The molecule has 1 aromatic heterocycles. The van der Waals surface area contributed by atoms with E-state index in [4.69, 9.17) is 4.74 Å². The molecule has 1 heterocycles. The van der Waals surface area contributed by atoms with Crippen molar-refractivity contribution in [1.82, 2.24) is 10.3 Å². The van der Waals surface area contributed by atoms with Crippen LogP contribution in [0.5, 0.6) is 5.75 Å². The summed E-state index contributed by atoms with van der Waals surface area (Å²) in [7, 11) is 0. The van der Waals surface area contributed by atoms with E-state index in [2.05, 4.69) is 96.9 Å². The Balaban J connectivity index is 0.00000256. The lowest BCUT2D eigenvalue weighted by Crippen LogP contribution is -2.16. The molecule has 3 aromatic carbocycles. The van der Waals surface area contributed by atoms with Gasteiger partial charge in [0.25, 0.3) is 0 Å². The Morgan fingerprint density at radius 3 is 2.33 bits per heavy atom. The summed E-state index contributed by atoms with van der Waals surface area (Å²) in [6, 6.07) is 22.8. The standard InChI is InChI=1S/C24H22Br2N2O.ClH/c25-21-12-18(13-22(26)24(21)29-16-17-6-2-1-3-7-17)14-27-11-10-19-15-28-23-9-5-4-8-20(19)23;/h1-9,12-13,15,27-28H,10-11,14,16H2;1H. The molecule has 2 N–H and O–H groups in total. The second-order valence-corrected chi connectivity index (χ2v) is 8.66. The first-order chi connectivity index (χ1) is 14.2. The zero-order valence-corrected chi connectivity index (χ0v) is 20.3. The van der Waals surface area contributed by atoms with Crippen LogP contribution in [0.1, 0.15) is 16.7 Å². The fourth-order valence-electron chi connectivity index (χ4n) is 3.38. The van der Waals surface area contributed by atoms with Crippen LogP contribution >= 0.6 is 44.3 Å². The zero-order valence-electron chi connectivity index (χ0n) is 16.3. The molecule has 0 amide bonds. The van der Waals surface area contributed by atoms with E-state index in [0.29, 0.717) is 6.61 Å². The van der Waals surface area contributed by atoms with Gasteiger partial charge < -0.3 is 15.0 Å². The number of para-hydroxylation sites is 1. The van der Waals surface area contributed by atoms with E-state index in [1.807, 2.05) is 18.2 Å². The quantitative estimate of drug-likeness (QED) is 0.231. The second-order valence-electron chi connectivity index (χ2n) is 6.95. The van der Waals surface area contributed by atoms with E-state index in [9.17, 15) is 0 Å². The van der Waals surface area contributed by atoms with Crippen molar-refractivity contribution < 1.29 is 4.74 Å². The van der Waals surface area contributed by atoms with E-state index in [1.54, 1.807) is 0 Å². The Bertz CT molecular complexity index is 1080. The van der Waals surface area contributed by atoms with Crippen molar-refractivity contribution in [2.45, 2.75) is 19.6 Å². The fraction of sp³-hybridized carbons (Fsp3) is 0.167. The molecule has 4 rings (SSSR count). The number of hydrogen-bond acceptors (Lipinski definition) is 2. The van der Waals surface area contributed by atoms with Gasteiger partial charge in [0, 0.05) is 23.6 Å². The van der Waals surface area contributed by atoms with Gasteiger partial charge in [-0.2, -0.15) is 0 Å². The molecule has 0 unspecified atom stereocenters. The first kappa shape index (κ1) is 22.9. The maximum atomic E-state index is 6.01. The van der Waals surface area contributed by atoms with Crippen LogP contribution in [0.15, 0.2) is 81.9 Å². The van der Waals surface area contributed by atoms with Crippen LogP contribution in [0, 0.1) is 0 Å². The largest absolute Gasteiger partial charge is 0.487 e. The Morgan fingerprint density at radius 2 is 1.57 bits per heavy atom. The van der Waals surface area contributed by atoms with Crippen LogP contribution in [0.4, 0.5) is 0 Å². The van der Waals surface area contributed by atoms with Crippen molar-refractivity contribution in [2.24, 2.45) is 0 Å². The Kier molecular flexibility index (Phi) is 8.40. The molecule has 0 spiro atoms. The van der Waals surface area contributed by atoms with Gasteiger partial charge in [0.05, 0.1) is 8.95 Å². The Hall–Kier alpha value is -1.79. The molecule has 0 saturated carbocycles. The minimum atomic E-state index is 0. The molecule has 156 valence electrons. The van der Waals surface area contributed by atoms with Crippen LogP contribution in [-0.2, 0) is 19.6 Å². The molecule has 0 aliphatic heterocycles. The van der Waals surface area contributed by atoms with Crippen LogP contribution < -0.4 is 10.1 Å². The molecule has 0 radical (unpaired) electrons.